The topological polar surface area (TPSA) is 30.4 Å². The molecule has 0 bridgehead atoms. The third-order valence-corrected chi connectivity index (χ3v) is 12.4. The van der Waals surface area contributed by atoms with Crippen LogP contribution in [0.15, 0.2) is 156 Å². The van der Waals surface area contributed by atoms with Crippen molar-refractivity contribution >= 4 is 49.3 Å². The molecule has 0 aliphatic carbocycles. The van der Waals surface area contributed by atoms with Gasteiger partial charge in [-0.3, -0.25) is 4.40 Å². The van der Waals surface area contributed by atoms with E-state index in [4.69, 9.17) is 9.40 Å². The molecule has 0 unspecified atom stereocenters. The fraction of sp³-hybridized carbons (Fsp3) is 0.211. The Hall–Kier alpha value is -6.45. The van der Waals surface area contributed by atoms with E-state index in [2.05, 4.69) is 218 Å². The van der Waals surface area contributed by atoms with Crippen molar-refractivity contribution in [2.24, 2.45) is 0 Å². The highest BCUT2D eigenvalue weighted by Crippen LogP contribution is 2.46. The average Bonchev–Trinajstić information content (AvgIpc) is 3.82. The average molecular weight is 781 g/mol. The van der Waals surface area contributed by atoms with Gasteiger partial charge in [-0.1, -0.05) is 178 Å². The summed E-state index contributed by atoms with van der Waals surface area (Å²) in [5.74, 6) is 0. The minimum absolute atomic E-state index is 0.00129. The van der Waals surface area contributed by atoms with Gasteiger partial charge in [0.25, 0.3) is 0 Å². The van der Waals surface area contributed by atoms with Gasteiger partial charge in [-0.15, -0.1) is 0 Å². The molecule has 0 saturated heterocycles. The van der Waals surface area contributed by atoms with Crippen molar-refractivity contribution in [3.05, 3.63) is 168 Å². The largest absolute Gasteiger partial charge is 0.455 e. The van der Waals surface area contributed by atoms with Crippen LogP contribution in [0, 0.1) is 0 Å². The number of furan rings is 1. The smallest absolute Gasteiger partial charge is 0.146 e. The third-order valence-electron chi connectivity index (χ3n) is 12.4. The Kier molecular flexibility index (Phi) is 8.53. The summed E-state index contributed by atoms with van der Waals surface area (Å²) in [7, 11) is 0. The van der Waals surface area contributed by atoms with E-state index in [0.717, 1.165) is 72.5 Å². The number of pyridine rings is 1. The van der Waals surface area contributed by atoms with Gasteiger partial charge < -0.3 is 4.42 Å². The molecule has 3 heteroatoms. The molecule has 10 aromatic rings. The molecule has 10 rings (SSSR count). The summed E-state index contributed by atoms with van der Waals surface area (Å²) in [5, 5.41) is 5.89. The molecule has 0 fully saturated rings. The Morgan fingerprint density at radius 1 is 0.417 bits per heavy atom. The zero-order chi connectivity index (χ0) is 41.7. The van der Waals surface area contributed by atoms with Gasteiger partial charge in [-0.2, -0.15) is 0 Å². The van der Waals surface area contributed by atoms with Crippen LogP contribution in [0.5, 0.6) is 0 Å². The minimum atomic E-state index is -0.0894. The number of fused-ring (bicyclic) bond motifs is 9. The van der Waals surface area contributed by atoms with E-state index in [1.165, 1.54) is 38.2 Å². The molecule has 296 valence electrons. The van der Waals surface area contributed by atoms with Crippen molar-refractivity contribution in [2.75, 3.05) is 0 Å². The first-order valence-corrected chi connectivity index (χ1v) is 21.3. The van der Waals surface area contributed by atoms with Gasteiger partial charge >= 0.3 is 0 Å². The van der Waals surface area contributed by atoms with E-state index in [-0.39, 0.29) is 16.2 Å². The maximum atomic E-state index is 7.10. The van der Waals surface area contributed by atoms with Gasteiger partial charge in [0.1, 0.15) is 16.8 Å². The van der Waals surface area contributed by atoms with Crippen molar-refractivity contribution in [3.8, 4) is 44.8 Å². The molecule has 60 heavy (non-hydrogen) atoms. The zero-order valence-corrected chi connectivity index (χ0v) is 36.2. The van der Waals surface area contributed by atoms with Crippen LogP contribution >= 0.6 is 0 Å². The molecule has 0 radical (unpaired) electrons. The molecule has 0 atom stereocenters. The standard InChI is InChI=1S/C57H52N2O/c1-55(2,3)40-31-44(52-46(32-40)47-33-41(56(4,5)6)34-48(53(47)60-52)57(7,8)9)39-24-18-23-37(29-39)38-27-28-49-45(30-38)42-25-16-17-26-43(42)54-58-50(35-19-12-10-13-20-35)51(59(49)54)36-21-14-11-15-22-36/h10-34H,1-9H3. The summed E-state index contributed by atoms with van der Waals surface area (Å²) in [4.78, 5) is 5.42. The molecule has 7 aromatic carbocycles. The van der Waals surface area contributed by atoms with Crippen molar-refractivity contribution < 1.29 is 4.42 Å². The number of benzene rings is 7. The van der Waals surface area contributed by atoms with Crippen LogP contribution < -0.4 is 0 Å². The molecule has 3 aromatic heterocycles. The fourth-order valence-electron chi connectivity index (χ4n) is 9.02. The Balaban J connectivity index is 1.21. The molecule has 0 aliphatic heterocycles. The van der Waals surface area contributed by atoms with Crippen LogP contribution in [0.1, 0.15) is 79.0 Å². The van der Waals surface area contributed by atoms with Gasteiger partial charge in [0, 0.05) is 43.8 Å². The lowest BCUT2D eigenvalue weighted by molar-refractivity contribution is 0.559. The van der Waals surface area contributed by atoms with Crippen molar-refractivity contribution in [1.82, 2.24) is 9.38 Å². The summed E-state index contributed by atoms with van der Waals surface area (Å²) < 4.78 is 9.47. The second kappa shape index (κ2) is 13.5. The van der Waals surface area contributed by atoms with Gasteiger partial charge in [-0.25, -0.2) is 4.98 Å². The zero-order valence-electron chi connectivity index (χ0n) is 36.2. The lowest BCUT2D eigenvalue weighted by atomic mass is 9.79. The summed E-state index contributed by atoms with van der Waals surface area (Å²) in [6.45, 7) is 20.7. The van der Waals surface area contributed by atoms with E-state index >= 15 is 0 Å². The predicted octanol–water partition coefficient (Wildman–Crippen LogP) is 16.1. The van der Waals surface area contributed by atoms with E-state index < -0.39 is 0 Å². The van der Waals surface area contributed by atoms with Crippen molar-refractivity contribution in [3.63, 3.8) is 0 Å². The Bertz CT molecular complexity index is 3290. The Morgan fingerprint density at radius 3 is 1.65 bits per heavy atom. The monoisotopic (exact) mass is 780 g/mol. The summed E-state index contributed by atoms with van der Waals surface area (Å²) >= 11 is 0. The molecular weight excluding hydrogens is 729 g/mol. The second-order valence-corrected chi connectivity index (χ2v) is 19.7. The maximum absolute atomic E-state index is 7.10. The Morgan fingerprint density at radius 2 is 0.983 bits per heavy atom. The number of nitrogens with zero attached hydrogens (tertiary/aromatic N) is 2. The van der Waals surface area contributed by atoms with Gasteiger partial charge in [0.05, 0.1) is 16.9 Å². The highest BCUT2D eigenvalue weighted by molar-refractivity contribution is 6.15. The van der Waals surface area contributed by atoms with Gasteiger partial charge in [0.15, 0.2) is 0 Å². The number of aromatic nitrogens is 2. The molecular formula is C57H52N2O. The first-order chi connectivity index (χ1) is 28.6. The molecule has 0 amide bonds. The highest BCUT2D eigenvalue weighted by Gasteiger charge is 2.28. The quantitative estimate of drug-likeness (QED) is 0.167. The number of hydrogen-bond acceptors (Lipinski definition) is 2. The van der Waals surface area contributed by atoms with Crippen LogP contribution in [-0.4, -0.2) is 9.38 Å². The van der Waals surface area contributed by atoms with E-state index in [1.54, 1.807) is 0 Å². The summed E-state index contributed by atoms with van der Waals surface area (Å²) in [6.07, 6.45) is 0. The van der Waals surface area contributed by atoms with E-state index in [1.807, 2.05) is 0 Å². The first-order valence-electron chi connectivity index (χ1n) is 21.3. The van der Waals surface area contributed by atoms with E-state index in [0.29, 0.717) is 0 Å². The molecule has 0 saturated carbocycles. The van der Waals surface area contributed by atoms with Crippen molar-refractivity contribution in [2.45, 2.75) is 78.6 Å². The first kappa shape index (κ1) is 37.8. The predicted molar refractivity (Wildman–Crippen MR) is 255 cm³/mol. The normalized spacial score (nSPS) is 12.8. The molecule has 3 heterocycles. The maximum Gasteiger partial charge on any atom is 0.146 e. The van der Waals surface area contributed by atoms with Crippen LogP contribution in [0.4, 0.5) is 0 Å². The lowest BCUT2D eigenvalue weighted by Gasteiger charge is -2.25. The summed E-state index contributed by atoms with van der Waals surface area (Å²) in [5.41, 5.74) is 16.7. The van der Waals surface area contributed by atoms with Gasteiger partial charge in [-0.05, 0) is 85.8 Å². The molecule has 0 N–H and O–H groups in total. The summed E-state index contributed by atoms with van der Waals surface area (Å²) in [6, 6.07) is 55.4. The number of imidazole rings is 1. The van der Waals surface area contributed by atoms with Crippen LogP contribution in [0.3, 0.4) is 0 Å². The van der Waals surface area contributed by atoms with Gasteiger partial charge in [0.2, 0.25) is 0 Å². The van der Waals surface area contributed by atoms with Crippen LogP contribution in [0.2, 0.25) is 0 Å². The minimum Gasteiger partial charge on any atom is -0.455 e. The Labute approximate surface area is 353 Å². The highest BCUT2D eigenvalue weighted by atomic mass is 16.3. The molecule has 0 aliphatic rings. The van der Waals surface area contributed by atoms with Crippen molar-refractivity contribution in [1.29, 1.82) is 0 Å². The fourth-order valence-corrected chi connectivity index (χ4v) is 9.02. The number of rotatable bonds is 4. The SMILES string of the molecule is CC(C)(C)c1cc(-c2cccc(-c3ccc4c(c3)c3ccccc3c3nc(-c5ccccc5)c(-c5ccccc5)n43)c2)c2oc3c(C(C)(C)C)cc(C(C)(C)C)cc3c2c1. The van der Waals surface area contributed by atoms with E-state index in [9.17, 15) is 0 Å². The van der Waals surface area contributed by atoms with Crippen LogP contribution in [0.25, 0.3) is 94.0 Å². The number of hydrogen-bond donors (Lipinski definition) is 0. The van der Waals surface area contributed by atoms with Crippen LogP contribution in [-0.2, 0) is 16.2 Å². The third kappa shape index (κ3) is 6.22. The molecule has 3 nitrogen and oxygen atoms in total. The second-order valence-electron chi connectivity index (χ2n) is 19.7. The molecule has 0 spiro atoms. The lowest BCUT2D eigenvalue weighted by Crippen LogP contribution is -2.16.